The van der Waals surface area contributed by atoms with Crippen molar-refractivity contribution in [2.24, 2.45) is 0 Å². The normalized spacial score (nSPS) is 15.1. The van der Waals surface area contributed by atoms with Crippen molar-refractivity contribution >= 4 is 52.6 Å². The van der Waals surface area contributed by atoms with Crippen LogP contribution in [0.4, 0.5) is 5.69 Å². The zero-order chi connectivity index (χ0) is 25.6. The summed E-state index contributed by atoms with van der Waals surface area (Å²) < 4.78 is 0. The van der Waals surface area contributed by atoms with E-state index in [1.54, 1.807) is 23.5 Å². The molecule has 0 unspecified atom stereocenters. The Morgan fingerprint density at radius 3 is 2.27 bits per heavy atom. The molecule has 1 atom stereocenters. The van der Waals surface area contributed by atoms with Gasteiger partial charge in [-0.15, -0.1) is 23.5 Å². The lowest BCUT2D eigenvalue weighted by molar-refractivity contribution is -0.128. The minimum Gasteiger partial charge on any atom is -0.322 e. The molecule has 1 N–H and O–H groups in total. The third-order valence-electron chi connectivity index (χ3n) is 6.05. The molecule has 0 radical (unpaired) electrons. The number of nitrogens with one attached hydrogen (secondary N) is 1. The van der Waals surface area contributed by atoms with Crippen LogP contribution in [-0.2, 0) is 17.1 Å². The number of hydrogen-bond acceptors (Lipinski definition) is 4. The molecule has 1 saturated heterocycles. The minimum absolute atomic E-state index is 0.0819. The molecular weight excluding hydrogens is 520 g/mol. The number of benzene rings is 4. The molecule has 1 aliphatic rings. The van der Waals surface area contributed by atoms with Crippen LogP contribution in [0.3, 0.4) is 0 Å². The number of carbonyl (C=O) groups is 2. The van der Waals surface area contributed by atoms with E-state index < -0.39 is 0 Å². The molecule has 0 saturated carbocycles. The van der Waals surface area contributed by atoms with Crippen LogP contribution in [0.15, 0.2) is 108 Å². The summed E-state index contributed by atoms with van der Waals surface area (Å²) in [6, 6.07) is 33.3. The Hall–Kier alpha value is -3.19. The highest BCUT2D eigenvalue weighted by atomic mass is 35.5. The number of nitrogens with zero attached hydrogens (tertiary/aromatic N) is 1. The Bertz CT molecular complexity index is 1360. The Morgan fingerprint density at radius 1 is 0.892 bits per heavy atom. The Morgan fingerprint density at radius 2 is 1.57 bits per heavy atom. The van der Waals surface area contributed by atoms with Gasteiger partial charge in [0, 0.05) is 33.5 Å². The number of amides is 2. The second-order valence-corrected chi connectivity index (χ2v) is 11.2. The lowest BCUT2D eigenvalue weighted by Crippen LogP contribution is -2.27. The van der Waals surface area contributed by atoms with Gasteiger partial charge in [-0.25, -0.2) is 0 Å². The Labute approximate surface area is 230 Å². The molecule has 4 nitrogen and oxygen atoms in total. The van der Waals surface area contributed by atoms with Gasteiger partial charge in [0.05, 0.1) is 5.75 Å². The quantitative estimate of drug-likeness (QED) is 0.231. The highest BCUT2D eigenvalue weighted by Gasteiger charge is 2.32. The van der Waals surface area contributed by atoms with E-state index in [4.69, 9.17) is 11.6 Å². The predicted molar refractivity (Wildman–Crippen MR) is 154 cm³/mol. The Kier molecular flexibility index (Phi) is 8.19. The first-order valence-electron chi connectivity index (χ1n) is 11.9. The van der Waals surface area contributed by atoms with Gasteiger partial charge in [-0.1, -0.05) is 66.2 Å². The molecule has 0 bridgehead atoms. The van der Waals surface area contributed by atoms with E-state index >= 15 is 0 Å². The number of halogens is 1. The third-order valence-corrected chi connectivity index (χ3v) is 8.64. The van der Waals surface area contributed by atoms with Crippen molar-refractivity contribution in [3.8, 4) is 0 Å². The average Bonchev–Trinajstić information content (AvgIpc) is 3.30. The third kappa shape index (κ3) is 6.58. The summed E-state index contributed by atoms with van der Waals surface area (Å²) in [7, 11) is 0. The van der Waals surface area contributed by atoms with Gasteiger partial charge in [-0.05, 0) is 65.2 Å². The minimum atomic E-state index is -0.161. The van der Waals surface area contributed by atoms with Gasteiger partial charge in [0.1, 0.15) is 5.37 Å². The summed E-state index contributed by atoms with van der Waals surface area (Å²) in [5, 5.41) is 3.57. The molecule has 4 aromatic carbocycles. The number of rotatable bonds is 8. The van der Waals surface area contributed by atoms with E-state index in [-0.39, 0.29) is 17.2 Å². The molecule has 7 heteroatoms. The van der Waals surface area contributed by atoms with Crippen molar-refractivity contribution < 1.29 is 9.59 Å². The SMILES string of the molecule is O=C(Nc1ccc(CSc2ccccc2)cc1)c1ccc([C@@H]2SCC(=O)N2Cc2ccc(Cl)cc2)cc1. The van der Waals surface area contributed by atoms with Crippen LogP contribution >= 0.6 is 35.1 Å². The first kappa shape index (κ1) is 25.5. The van der Waals surface area contributed by atoms with Crippen LogP contribution in [0.2, 0.25) is 5.02 Å². The van der Waals surface area contributed by atoms with E-state index in [0.717, 1.165) is 22.6 Å². The number of thioether (sulfide) groups is 2. The summed E-state index contributed by atoms with van der Waals surface area (Å²) in [5.41, 5.74) is 4.56. The predicted octanol–water partition coefficient (Wildman–Crippen LogP) is 7.66. The first-order valence-corrected chi connectivity index (χ1v) is 14.3. The molecular formula is C30H25ClN2O2S2. The van der Waals surface area contributed by atoms with Gasteiger partial charge in [0.25, 0.3) is 5.91 Å². The van der Waals surface area contributed by atoms with Crippen molar-refractivity contribution in [2.75, 3.05) is 11.1 Å². The van der Waals surface area contributed by atoms with Crippen molar-refractivity contribution in [3.05, 3.63) is 130 Å². The molecule has 0 aliphatic carbocycles. The van der Waals surface area contributed by atoms with Crippen LogP contribution in [-0.4, -0.2) is 22.5 Å². The van der Waals surface area contributed by atoms with Crippen molar-refractivity contribution in [2.45, 2.75) is 22.6 Å². The fourth-order valence-corrected chi connectivity index (χ4v) is 6.25. The monoisotopic (exact) mass is 544 g/mol. The molecule has 37 heavy (non-hydrogen) atoms. The maximum absolute atomic E-state index is 12.8. The highest BCUT2D eigenvalue weighted by molar-refractivity contribution is 8.00. The van der Waals surface area contributed by atoms with Gasteiger partial charge < -0.3 is 10.2 Å². The molecule has 0 aromatic heterocycles. The van der Waals surface area contributed by atoms with E-state index in [1.165, 1.54) is 10.5 Å². The second kappa shape index (κ2) is 11.9. The van der Waals surface area contributed by atoms with Gasteiger partial charge in [-0.2, -0.15) is 0 Å². The van der Waals surface area contributed by atoms with Crippen LogP contribution < -0.4 is 5.32 Å². The van der Waals surface area contributed by atoms with Gasteiger partial charge >= 0.3 is 0 Å². The molecule has 5 rings (SSSR count). The van der Waals surface area contributed by atoms with Crippen LogP contribution in [0.1, 0.15) is 32.4 Å². The maximum Gasteiger partial charge on any atom is 0.255 e. The summed E-state index contributed by atoms with van der Waals surface area (Å²) >= 11 is 9.38. The molecule has 0 spiro atoms. The lowest BCUT2D eigenvalue weighted by atomic mass is 10.1. The number of carbonyl (C=O) groups excluding carboxylic acids is 2. The summed E-state index contributed by atoms with van der Waals surface area (Å²) in [6.07, 6.45) is 0. The van der Waals surface area contributed by atoms with Crippen molar-refractivity contribution in [3.63, 3.8) is 0 Å². The molecule has 1 fully saturated rings. The standard InChI is InChI=1S/C30H25ClN2O2S2/c31-25-14-6-21(7-15-25)18-33-28(34)20-37-30(33)24-12-10-23(11-13-24)29(35)32-26-16-8-22(9-17-26)19-36-27-4-2-1-3-5-27/h1-17,30H,18-20H2,(H,32,35)/t30-/m0/s1. The van der Waals surface area contributed by atoms with E-state index in [2.05, 4.69) is 17.4 Å². The Balaban J connectivity index is 1.19. The first-order chi connectivity index (χ1) is 18.0. The van der Waals surface area contributed by atoms with Crippen molar-refractivity contribution in [1.82, 2.24) is 4.90 Å². The molecule has 4 aromatic rings. The van der Waals surface area contributed by atoms with Gasteiger partial charge in [0.2, 0.25) is 5.91 Å². The largest absolute Gasteiger partial charge is 0.322 e. The maximum atomic E-state index is 12.8. The number of hydrogen-bond donors (Lipinski definition) is 1. The summed E-state index contributed by atoms with van der Waals surface area (Å²) in [4.78, 5) is 28.5. The van der Waals surface area contributed by atoms with E-state index in [9.17, 15) is 9.59 Å². The fourth-order valence-electron chi connectivity index (χ4n) is 4.06. The zero-order valence-electron chi connectivity index (χ0n) is 20.0. The van der Waals surface area contributed by atoms with Gasteiger partial charge in [0.15, 0.2) is 0 Å². The van der Waals surface area contributed by atoms with Crippen LogP contribution in [0, 0.1) is 0 Å². The number of anilines is 1. The molecule has 1 aliphatic heterocycles. The zero-order valence-corrected chi connectivity index (χ0v) is 22.4. The van der Waals surface area contributed by atoms with Gasteiger partial charge in [-0.3, -0.25) is 9.59 Å². The van der Waals surface area contributed by atoms with E-state index in [1.807, 2.05) is 95.9 Å². The fraction of sp³-hybridized carbons (Fsp3) is 0.133. The van der Waals surface area contributed by atoms with E-state index in [0.29, 0.717) is 22.9 Å². The van der Waals surface area contributed by atoms with Crippen molar-refractivity contribution in [1.29, 1.82) is 0 Å². The smallest absolute Gasteiger partial charge is 0.255 e. The topological polar surface area (TPSA) is 49.4 Å². The molecule has 186 valence electrons. The molecule has 1 heterocycles. The van der Waals surface area contributed by atoms with Crippen LogP contribution in [0.5, 0.6) is 0 Å². The highest BCUT2D eigenvalue weighted by Crippen LogP contribution is 2.39. The lowest BCUT2D eigenvalue weighted by Gasteiger charge is -2.24. The summed E-state index contributed by atoms with van der Waals surface area (Å²) in [6.45, 7) is 0.524. The van der Waals surface area contributed by atoms with Crippen LogP contribution in [0.25, 0.3) is 0 Å². The average molecular weight is 545 g/mol. The second-order valence-electron chi connectivity index (χ2n) is 8.69. The summed E-state index contributed by atoms with van der Waals surface area (Å²) in [5.74, 6) is 1.26. The molecule has 2 amide bonds.